The Kier molecular flexibility index (Phi) is 4.67. The fraction of sp³-hybridized carbons (Fsp3) is 0.286. The molecular weight excluding hydrogens is 323 g/mol. The van der Waals surface area contributed by atoms with E-state index in [1.165, 1.54) is 6.07 Å². The Labute approximate surface area is 125 Å². The van der Waals surface area contributed by atoms with Gasteiger partial charge in [-0.25, -0.2) is 20.2 Å². The molecule has 0 spiro atoms. The summed E-state index contributed by atoms with van der Waals surface area (Å²) in [7, 11) is 0. The molecule has 0 aliphatic carbocycles. The van der Waals surface area contributed by atoms with Crippen molar-refractivity contribution in [1.29, 1.82) is 0 Å². The molecule has 0 atom stereocenters. The third-order valence-corrected chi connectivity index (χ3v) is 3.33. The highest BCUT2D eigenvalue weighted by molar-refractivity contribution is 9.10. The standard InChI is InChI=1S/C14H16BrFN4/c1-8(2)5-10-7-13(20-17)19-14(18-10)9-3-4-12(16)11(15)6-9/h3-4,6-8H,5,17H2,1-2H3,(H,18,19,20). The van der Waals surface area contributed by atoms with Gasteiger partial charge in [0.15, 0.2) is 5.82 Å². The Morgan fingerprint density at radius 2 is 2.05 bits per heavy atom. The molecule has 0 radical (unpaired) electrons. The van der Waals surface area contributed by atoms with Crippen LogP contribution in [0.4, 0.5) is 10.2 Å². The van der Waals surface area contributed by atoms with E-state index in [-0.39, 0.29) is 5.82 Å². The second-order valence-electron chi connectivity index (χ2n) is 4.94. The summed E-state index contributed by atoms with van der Waals surface area (Å²) in [6, 6.07) is 6.51. The molecule has 0 fully saturated rings. The number of halogens is 2. The zero-order valence-electron chi connectivity index (χ0n) is 11.3. The van der Waals surface area contributed by atoms with E-state index in [2.05, 4.69) is 45.2 Å². The van der Waals surface area contributed by atoms with Gasteiger partial charge in [0, 0.05) is 17.3 Å². The molecule has 1 aromatic carbocycles. The third-order valence-electron chi connectivity index (χ3n) is 2.72. The van der Waals surface area contributed by atoms with Crippen LogP contribution >= 0.6 is 15.9 Å². The van der Waals surface area contributed by atoms with E-state index in [9.17, 15) is 4.39 Å². The first-order valence-electron chi connectivity index (χ1n) is 6.29. The monoisotopic (exact) mass is 338 g/mol. The average molecular weight is 339 g/mol. The number of nitrogen functional groups attached to an aromatic ring is 1. The van der Waals surface area contributed by atoms with Crippen LogP contribution in [0.2, 0.25) is 0 Å². The van der Waals surface area contributed by atoms with Crippen molar-refractivity contribution >= 4 is 21.7 Å². The number of benzene rings is 1. The predicted molar refractivity (Wildman–Crippen MR) is 81.5 cm³/mol. The number of rotatable bonds is 4. The molecule has 6 heteroatoms. The van der Waals surface area contributed by atoms with Crippen LogP contribution in [0, 0.1) is 11.7 Å². The maximum absolute atomic E-state index is 13.3. The van der Waals surface area contributed by atoms with Gasteiger partial charge in [0.1, 0.15) is 11.6 Å². The summed E-state index contributed by atoms with van der Waals surface area (Å²) in [6.45, 7) is 4.23. The minimum absolute atomic E-state index is 0.316. The third kappa shape index (κ3) is 3.52. The molecule has 2 aromatic rings. The van der Waals surface area contributed by atoms with Gasteiger partial charge in [-0.1, -0.05) is 13.8 Å². The van der Waals surface area contributed by atoms with Crippen molar-refractivity contribution in [3.8, 4) is 11.4 Å². The Bertz CT molecular complexity index is 616. The first kappa shape index (κ1) is 14.9. The van der Waals surface area contributed by atoms with Gasteiger partial charge in [0.25, 0.3) is 0 Å². The summed E-state index contributed by atoms with van der Waals surface area (Å²) in [4.78, 5) is 8.82. The second-order valence-corrected chi connectivity index (χ2v) is 5.79. The fourth-order valence-electron chi connectivity index (χ4n) is 1.86. The molecule has 1 aromatic heterocycles. The molecule has 0 unspecified atom stereocenters. The number of hydrogen-bond donors (Lipinski definition) is 2. The highest BCUT2D eigenvalue weighted by atomic mass is 79.9. The lowest BCUT2D eigenvalue weighted by molar-refractivity contribution is 0.621. The molecule has 2 rings (SSSR count). The van der Waals surface area contributed by atoms with Gasteiger partial charge < -0.3 is 5.43 Å². The Balaban J connectivity index is 2.46. The number of aromatic nitrogens is 2. The van der Waals surface area contributed by atoms with Gasteiger partial charge in [0.05, 0.1) is 4.47 Å². The fourth-order valence-corrected chi connectivity index (χ4v) is 2.24. The van der Waals surface area contributed by atoms with Crippen molar-refractivity contribution in [2.45, 2.75) is 20.3 Å². The molecule has 0 aliphatic heterocycles. The smallest absolute Gasteiger partial charge is 0.161 e. The largest absolute Gasteiger partial charge is 0.308 e. The number of hydrogen-bond acceptors (Lipinski definition) is 4. The van der Waals surface area contributed by atoms with Crippen molar-refractivity contribution in [2.75, 3.05) is 5.43 Å². The van der Waals surface area contributed by atoms with E-state index >= 15 is 0 Å². The summed E-state index contributed by atoms with van der Waals surface area (Å²) in [5.74, 6) is 6.67. The first-order valence-corrected chi connectivity index (χ1v) is 7.09. The highest BCUT2D eigenvalue weighted by Gasteiger charge is 2.10. The Morgan fingerprint density at radius 1 is 1.30 bits per heavy atom. The van der Waals surface area contributed by atoms with Gasteiger partial charge >= 0.3 is 0 Å². The predicted octanol–water partition coefficient (Wildman–Crippen LogP) is 3.53. The van der Waals surface area contributed by atoms with Crippen LogP contribution in [0.1, 0.15) is 19.5 Å². The number of hydrazine groups is 1. The highest BCUT2D eigenvalue weighted by Crippen LogP contribution is 2.24. The van der Waals surface area contributed by atoms with Crippen molar-refractivity contribution in [1.82, 2.24) is 9.97 Å². The number of nitrogens with two attached hydrogens (primary N) is 1. The van der Waals surface area contributed by atoms with Crippen LogP contribution in [0.25, 0.3) is 11.4 Å². The van der Waals surface area contributed by atoms with E-state index in [1.807, 2.05) is 6.07 Å². The number of anilines is 1. The van der Waals surface area contributed by atoms with Crippen LogP contribution in [-0.4, -0.2) is 9.97 Å². The molecule has 4 nitrogen and oxygen atoms in total. The maximum atomic E-state index is 13.3. The number of nitrogens with one attached hydrogen (secondary N) is 1. The average Bonchev–Trinajstić information content (AvgIpc) is 2.40. The van der Waals surface area contributed by atoms with Crippen LogP contribution in [0.5, 0.6) is 0 Å². The summed E-state index contributed by atoms with van der Waals surface area (Å²) >= 11 is 3.17. The molecule has 0 aliphatic rings. The Hall–Kier alpha value is -1.53. The van der Waals surface area contributed by atoms with Crippen molar-refractivity contribution in [3.05, 3.63) is 40.2 Å². The van der Waals surface area contributed by atoms with Gasteiger partial charge in [-0.05, 0) is 46.5 Å². The molecule has 3 N–H and O–H groups in total. The van der Waals surface area contributed by atoms with E-state index in [0.717, 1.165) is 17.7 Å². The lowest BCUT2D eigenvalue weighted by Crippen LogP contribution is -2.11. The van der Waals surface area contributed by atoms with E-state index < -0.39 is 0 Å². The zero-order chi connectivity index (χ0) is 14.7. The van der Waals surface area contributed by atoms with Crippen molar-refractivity contribution in [3.63, 3.8) is 0 Å². The maximum Gasteiger partial charge on any atom is 0.161 e. The van der Waals surface area contributed by atoms with Crippen LogP contribution in [0.3, 0.4) is 0 Å². The van der Waals surface area contributed by atoms with Gasteiger partial charge in [-0.2, -0.15) is 0 Å². The minimum atomic E-state index is -0.316. The van der Waals surface area contributed by atoms with Gasteiger partial charge in [-0.15, -0.1) is 0 Å². The SMILES string of the molecule is CC(C)Cc1cc(NN)nc(-c2ccc(F)c(Br)c2)n1. The molecule has 0 saturated heterocycles. The minimum Gasteiger partial charge on any atom is -0.308 e. The Morgan fingerprint density at radius 3 is 2.65 bits per heavy atom. The van der Waals surface area contributed by atoms with E-state index in [0.29, 0.717) is 22.0 Å². The summed E-state index contributed by atoms with van der Waals surface area (Å²) in [5, 5.41) is 0. The topological polar surface area (TPSA) is 63.8 Å². The lowest BCUT2D eigenvalue weighted by Gasteiger charge is -2.10. The number of nitrogens with zero attached hydrogens (tertiary/aromatic N) is 2. The molecule has 20 heavy (non-hydrogen) atoms. The lowest BCUT2D eigenvalue weighted by atomic mass is 10.1. The summed E-state index contributed by atoms with van der Waals surface area (Å²) in [6.07, 6.45) is 0.826. The van der Waals surface area contributed by atoms with E-state index in [1.54, 1.807) is 12.1 Å². The molecular formula is C14H16BrFN4. The summed E-state index contributed by atoms with van der Waals surface area (Å²) < 4.78 is 13.7. The van der Waals surface area contributed by atoms with E-state index in [4.69, 9.17) is 5.84 Å². The van der Waals surface area contributed by atoms with Crippen LogP contribution in [0.15, 0.2) is 28.7 Å². The summed E-state index contributed by atoms with van der Waals surface area (Å²) in [5.41, 5.74) is 4.18. The molecule has 0 saturated carbocycles. The first-order chi connectivity index (χ1) is 9.49. The molecule has 106 valence electrons. The normalized spacial score (nSPS) is 10.9. The van der Waals surface area contributed by atoms with Crippen molar-refractivity contribution < 1.29 is 4.39 Å². The second kappa shape index (κ2) is 6.28. The zero-order valence-corrected chi connectivity index (χ0v) is 12.9. The molecule has 1 heterocycles. The quantitative estimate of drug-likeness (QED) is 0.661. The van der Waals surface area contributed by atoms with Crippen LogP contribution in [-0.2, 0) is 6.42 Å². The van der Waals surface area contributed by atoms with Gasteiger partial charge in [0.2, 0.25) is 0 Å². The molecule has 0 amide bonds. The van der Waals surface area contributed by atoms with Crippen molar-refractivity contribution in [2.24, 2.45) is 11.8 Å². The molecule has 0 bridgehead atoms. The van der Waals surface area contributed by atoms with Gasteiger partial charge in [-0.3, -0.25) is 0 Å². The van der Waals surface area contributed by atoms with Crippen LogP contribution < -0.4 is 11.3 Å².